The van der Waals surface area contributed by atoms with E-state index in [-0.39, 0.29) is 11.7 Å². The topological polar surface area (TPSA) is 75.6 Å². The summed E-state index contributed by atoms with van der Waals surface area (Å²) in [5, 5.41) is 11.9. The maximum Gasteiger partial charge on any atom is 0.313 e. The van der Waals surface area contributed by atoms with Gasteiger partial charge in [0.1, 0.15) is 0 Å². The van der Waals surface area contributed by atoms with Crippen LogP contribution in [0.4, 0.5) is 5.69 Å². The van der Waals surface area contributed by atoms with Crippen molar-refractivity contribution in [2.24, 2.45) is 0 Å². The first kappa shape index (κ1) is 20.4. The van der Waals surface area contributed by atoms with Gasteiger partial charge in [0.25, 0.3) is 0 Å². The normalized spacial score (nSPS) is 15.8. The summed E-state index contributed by atoms with van der Waals surface area (Å²) in [6.07, 6.45) is 1.30. The third-order valence-electron chi connectivity index (χ3n) is 5.06. The van der Waals surface area contributed by atoms with Crippen molar-refractivity contribution in [1.29, 1.82) is 0 Å². The number of carbonyl (C=O) groups is 2. The van der Waals surface area contributed by atoms with E-state index >= 15 is 0 Å². The summed E-state index contributed by atoms with van der Waals surface area (Å²) in [5.41, 5.74) is 3.31. The van der Waals surface area contributed by atoms with Crippen molar-refractivity contribution in [3.63, 3.8) is 0 Å². The second kappa shape index (κ2) is 9.26. The largest absolute Gasteiger partial charge is 0.481 e. The lowest BCUT2D eigenvalue weighted by Crippen LogP contribution is -2.44. The summed E-state index contributed by atoms with van der Waals surface area (Å²) in [6, 6.07) is 15.8. The second-order valence-electron chi connectivity index (χ2n) is 7.10. The first-order valence-corrected chi connectivity index (χ1v) is 10.5. The molecule has 1 amide bonds. The molecule has 1 aliphatic heterocycles. The van der Waals surface area contributed by atoms with E-state index in [0.29, 0.717) is 31.8 Å². The highest BCUT2D eigenvalue weighted by molar-refractivity contribution is 7.99. The van der Waals surface area contributed by atoms with Gasteiger partial charge < -0.3 is 15.2 Å². The zero-order valence-electron chi connectivity index (χ0n) is 15.9. The van der Waals surface area contributed by atoms with Crippen molar-refractivity contribution >= 4 is 29.3 Å². The number of amides is 1. The molecule has 6 heteroatoms. The van der Waals surface area contributed by atoms with Crippen LogP contribution in [0.25, 0.3) is 0 Å². The SMILES string of the molecule is Cc1ccc(C2(C(=O)Nc3cccc(CSCC(=O)O)c3)CCOCC2)cc1. The third kappa shape index (κ3) is 4.94. The first-order chi connectivity index (χ1) is 13.5. The molecule has 0 atom stereocenters. The van der Waals surface area contributed by atoms with Crippen LogP contribution in [-0.4, -0.2) is 35.9 Å². The molecule has 0 saturated carbocycles. The molecule has 0 aromatic heterocycles. The lowest BCUT2D eigenvalue weighted by molar-refractivity contribution is -0.134. The Morgan fingerprint density at radius 2 is 1.86 bits per heavy atom. The Bertz CT molecular complexity index is 829. The number of benzene rings is 2. The van der Waals surface area contributed by atoms with Crippen LogP contribution in [0.5, 0.6) is 0 Å². The Hall–Kier alpha value is -2.31. The van der Waals surface area contributed by atoms with E-state index in [2.05, 4.69) is 5.32 Å². The van der Waals surface area contributed by atoms with Gasteiger partial charge in [0, 0.05) is 24.7 Å². The van der Waals surface area contributed by atoms with E-state index in [1.165, 1.54) is 11.8 Å². The molecular weight excluding hydrogens is 374 g/mol. The molecule has 2 aromatic carbocycles. The van der Waals surface area contributed by atoms with Crippen LogP contribution < -0.4 is 5.32 Å². The molecule has 1 heterocycles. The fourth-order valence-electron chi connectivity index (χ4n) is 3.49. The van der Waals surface area contributed by atoms with E-state index in [1.54, 1.807) is 0 Å². The van der Waals surface area contributed by atoms with Gasteiger partial charge in [-0.2, -0.15) is 0 Å². The van der Waals surface area contributed by atoms with E-state index in [1.807, 2.05) is 55.5 Å². The lowest BCUT2D eigenvalue weighted by atomic mass is 9.73. The average molecular weight is 400 g/mol. The number of thioether (sulfide) groups is 1. The molecule has 0 spiro atoms. The minimum atomic E-state index is -0.825. The summed E-state index contributed by atoms with van der Waals surface area (Å²) in [4.78, 5) is 24.0. The molecule has 0 aliphatic carbocycles. The van der Waals surface area contributed by atoms with Gasteiger partial charge in [-0.15, -0.1) is 11.8 Å². The standard InChI is InChI=1S/C22H25NO4S/c1-16-5-7-18(8-6-16)22(9-11-27-12-10-22)21(26)23-19-4-2-3-17(13-19)14-28-15-20(24)25/h2-8,13H,9-12,14-15H2,1H3,(H,23,26)(H,24,25). The van der Waals surface area contributed by atoms with Crippen LogP contribution >= 0.6 is 11.8 Å². The summed E-state index contributed by atoms with van der Waals surface area (Å²) < 4.78 is 5.52. The number of carboxylic acids is 1. The van der Waals surface area contributed by atoms with Gasteiger partial charge in [-0.3, -0.25) is 9.59 Å². The summed E-state index contributed by atoms with van der Waals surface area (Å²) in [6.45, 7) is 3.16. The molecule has 2 N–H and O–H groups in total. The number of aryl methyl sites for hydroxylation is 1. The number of carboxylic acid groups (broad SMARTS) is 1. The van der Waals surface area contributed by atoms with Crippen molar-refractivity contribution in [2.45, 2.75) is 30.9 Å². The number of nitrogens with one attached hydrogen (secondary N) is 1. The van der Waals surface area contributed by atoms with Gasteiger partial charge >= 0.3 is 5.97 Å². The number of carbonyl (C=O) groups excluding carboxylic acids is 1. The quantitative estimate of drug-likeness (QED) is 0.736. The molecule has 2 aromatic rings. The molecule has 5 nitrogen and oxygen atoms in total. The second-order valence-corrected chi connectivity index (χ2v) is 8.09. The minimum Gasteiger partial charge on any atom is -0.481 e. The number of ether oxygens (including phenoxy) is 1. The van der Waals surface area contributed by atoms with Crippen LogP contribution in [0.1, 0.15) is 29.5 Å². The number of aliphatic carboxylic acids is 1. The van der Waals surface area contributed by atoms with Gasteiger partial charge in [0.15, 0.2) is 0 Å². The molecule has 0 unspecified atom stereocenters. The van der Waals surface area contributed by atoms with E-state index < -0.39 is 11.4 Å². The number of anilines is 1. The summed E-state index contributed by atoms with van der Waals surface area (Å²) >= 11 is 1.34. The maximum absolute atomic E-state index is 13.3. The summed E-state index contributed by atoms with van der Waals surface area (Å²) in [5.74, 6) is -0.191. The third-order valence-corrected chi connectivity index (χ3v) is 6.05. The first-order valence-electron chi connectivity index (χ1n) is 9.34. The van der Waals surface area contributed by atoms with Crippen molar-refractivity contribution in [2.75, 3.05) is 24.3 Å². The van der Waals surface area contributed by atoms with Gasteiger partial charge in [-0.25, -0.2) is 0 Å². The molecule has 1 saturated heterocycles. The predicted molar refractivity (Wildman–Crippen MR) is 112 cm³/mol. The monoisotopic (exact) mass is 399 g/mol. The molecule has 1 fully saturated rings. The van der Waals surface area contributed by atoms with Crippen LogP contribution in [0.3, 0.4) is 0 Å². The Labute approximate surface area is 169 Å². The zero-order valence-corrected chi connectivity index (χ0v) is 16.8. The molecule has 28 heavy (non-hydrogen) atoms. The van der Waals surface area contributed by atoms with Gasteiger partial charge in [-0.05, 0) is 43.0 Å². The average Bonchev–Trinajstić information content (AvgIpc) is 2.69. The van der Waals surface area contributed by atoms with E-state index in [0.717, 1.165) is 22.4 Å². The molecule has 0 bridgehead atoms. The number of rotatable bonds is 7. The molecule has 1 aliphatic rings. The fraction of sp³-hybridized carbons (Fsp3) is 0.364. The number of hydrogen-bond donors (Lipinski definition) is 2. The smallest absolute Gasteiger partial charge is 0.313 e. The zero-order chi connectivity index (χ0) is 20.0. The lowest BCUT2D eigenvalue weighted by Gasteiger charge is -2.36. The highest BCUT2D eigenvalue weighted by atomic mass is 32.2. The van der Waals surface area contributed by atoms with Crippen molar-refractivity contribution in [3.8, 4) is 0 Å². The van der Waals surface area contributed by atoms with Crippen molar-refractivity contribution in [3.05, 3.63) is 65.2 Å². The Morgan fingerprint density at radius 3 is 2.54 bits per heavy atom. The van der Waals surface area contributed by atoms with Crippen LogP contribution in [0, 0.1) is 6.92 Å². The summed E-state index contributed by atoms with van der Waals surface area (Å²) in [7, 11) is 0. The van der Waals surface area contributed by atoms with E-state index in [9.17, 15) is 9.59 Å². The fourth-order valence-corrected chi connectivity index (χ4v) is 4.18. The van der Waals surface area contributed by atoms with Crippen molar-refractivity contribution in [1.82, 2.24) is 0 Å². The Kier molecular flexibility index (Phi) is 6.75. The van der Waals surface area contributed by atoms with Gasteiger partial charge in [-0.1, -0.05) is 42.0 Å². The van der Waals surface area contributed by atoms with Crippen molar-refractivity contribution < 1.29 is 19.4 Å². The van der Waals surface area contributed by atoms with Gasteiger partial charge in [0.2, 0.25) is 5.91 Å². The Balaban J connectivity index is 1.77. The van der Waals surface area contributed by atoms with Crippen LogP contribution in [0.2, 0.25) is 0 Å². The molecule has 148 valence electrons. The predicted octanol–water partition coefficient (Wildman–Crippen LogP) is 4.00. The Morgan fingerprint density at radius 1 is 1.14 bits per heavy atom. The van der Waals surface area contributed by atoms with E-state index in [4.69, 9.17) is 9.84 Å². The molecular formula is C22H25NO4S. The highest BCUT2D eigenvalue weighted by Gasteiger charge is 2.41. The number of hydrogen-bond acceptors (Lipinski definition) is 4. The van der Waals surface area contributed by atoms with Gasteiger partial charge in [0.05, 0.1) is 11.2 Å². The minimum absolute atomic E-state index is 0.0185. The molecule has 3 rings (SSSR count). The maximum atomic E-state index is 13.3. The van der Waals surface area contributed by atoms with Crippen LogP contribution in [-0.2, 0) is 25.5 Å². The van der Waals surface area contributed by atoms with Crippen LogP contribution in [0.15, 0.2) is 48.5 Å². The molecule has 0 radical (unpaired) electrons. The highest BCUT2D eigenvalue weighted by Crippen LogP contribution is 2.36.